The second kappa shape index (κ2) is 8.74. The molecule has 1 amide bonds. The molecule has 2 N–H and O–H groups in total. The molecular formula is C18H14ClIN2O3. The Hall–Kier alpha value is -2.24. The first-order valence-corrected chi connectivity index (χ1v) is 8.56. The highest BCUT2D eigenvalue weighted by molar-refractivity contribution is 14.1. The molecule has 2 aromatic carbocycles. The first-order chi connectivity index (χ1) is 11.9. The first kappa shape index (κ1) is 19.1. The summed E-state index contributed by atoms with van der Waals surface area (Å²) in [4.78, 5) is 11.2. The molecule has 0 aliphatic heterocycles. The van der Waals surface area contributed by atoms with Gasteiger partial charge in [-0.05, 0) is 64.1 Å². The topological polar surface area (TPSA) is 85.3 Å². The van der Waals surface area contributed by atoms with E-state index >= 15 is 0 Å². The van der Waals surface area contributed by atoms with Gasteiger partial charge in [0.2, 0.25) is 0 Å². The number of nitriles is 1. The highest BCUT2D eigenvalue weighted by Gasteiger charge is 2.13. The molecule has 0 saturated carbocycles. The van der Waals surface area contributed by atoms with Crippen LogP contribution in [0.1, 0.15) is 11.1 Å². The predicted octanol–water partition coefficient (Wildman–Crippen LogP) is 3.92. The molecule has 0 spiro atoms. The zero-order chi connectivity index (χ0) is 18.4. The Morgan fingerprint density at radius 2 is 2.04 bits per heavy atom. The SMILES string of the molecule is COc1cc(C=C(C#N)C(N)=O)cc(I)c1OCc1ccc(Cl)cc1. The molecule has 0 aliphatic rings. The van der Waals surface area contributed by atoms with Crippen LogP contribution in [0.4, 0.5) is 0 Å². The average Bonchev–Trinajstić information content (AvgIpc) is 2.59. The van der Waals surface area contributed by atoms with E-state index in [0.29, 0.717) is 28.7 Å². The molecule has 128 valence electrons. The Labute approximate surface area is 164 Å². The van der Waals surface area contributed by atoms with Gasteiger partial charge in [0.05, 0.1) is 10.7 Å². The van der Waals surface area contributed by atoms with E-state index < -0.39 is 5.91 Å². The van der Waals surface area contributed by atoms with Crippen molar-refractivity contribution < 1.29 is 14.3 Å². The lowest BCUT2D eigenvalue weighted by atomic mass is 10.1. The number of carbonyl (C=O) groups is 1. The van der Waals surface area contributed by atoms with Crippen LogP contribution in [-0.2, 0) is 11.4 Å². The van der Waals surface area contributed by atoms with Crippen LogP contribution < -0.4 is 15.2 Å². The van der Waals surface area contributed by atoms with Gasteiger partial charge in [-0.3, -0.25) is 4.79 Å². The number of amides is 1. The fraction of sp³-hybridized carbons (Fsp3) is 0.111. The van der Waals surface area contributed by atoms with Gasteiger partial charge in [0.25, 0.3) is 5.91 Å². The molecule has 0 heterocycles. The third-order valence-electron chi connectivity index (χ3n) is 3.25. The van der Waals surface area contributed by atoms with Crippen LogP contribution in [0.2, 0.25) is 5.02 Å². The van der Waals surface area contributed by atoms with E-state index in [2.05, 4.69) is 22.6 Å². The molecule has 0 fully saturated rings. The van der Waals surface area contributed by atoms with Gasteiger partial charge in [-0.25, -0.2) is 0 Å². The molecule has 5 nitrogen and oxygen atoms in total. The van der Waals surface area contributed by atoms with E-state index in [-0.39, 0.29) is 5.57 Å². The lowest BCUT2D eigenvalue weighted by Gasteiger charge is -2.14. The summed E-state index contributed by atoms with van der Waals surface area (Å²) in [6.45, 7) is 0.351. The molecule has 0 atom stereocenters. The van der Waals surface area contributed by atoms with Crippen molar-refractivity contribution in [2.75, 3.05) is 7.11 Å². The molecule has 2 aromatic rings. The molecule has 0 aromatic heterocycles. The van der Waals surface area contributed by atoms with E-state index in [9.17, 15) is 4.79 Å². The fourth-order valence-electron chi connectivity index (χ4n) is 2.02. The van der Waals surface area contributed by atoms with Crippen LogP contribution >= 0.6 is 34.2 Å². The van der Waals surface area contributed by atoms with E-state index in [1.54, 1.807) is 30.3 Å². The number of rotatable bonds is 6. The van der Waals surface area contributed by atoms with Crippen LogP contribution in [0.3, 0.4) is 0 Å². The smallest absolute Gasteiger partial charge is 0.259 e. The molecule has 7 heteroatoms. The normalized spacial score (nSPS) is 10.9. The molecule has 0 radical (unpaired) electrons. The van der Waals surface area contributed by atoms with Crippen molar-refractivity contribution in [3.63, 3.8) is 0 Å². The minimum atomic E-state index is -0.778. The Balaban J connectivity index is 2.29. The van der Waals surface area contributed by atoms with E-state index in [1.165, 1.54) is 13.2 Å². The second-order valence-electron chi connectivity index (χ2n) is 4.98. The number of carbonyl (C=O) groups excluding carboxylic acids is 1. The third kappa shape index (κ3) is 5.11. The molecule has 25 heavy (non-hydrogen) atoms. The average molecular weight is 469 g/mol. The number of nitrogens with zero attached hydrogens (tertiary/aromatic N) is 1. The van der Waals surface area contributed by atoms with Crippen LogP contribution in [0.25, 0.3) is 6.08 Å². The third-order valence-corrected chi connectivity index (χ3v) is 4.30. The molecule has 0 unspecified atom stereocenters. The van der Waals surface area contributed by atoms with Gasteiger partial charge in [-0.2, -0.15) is 5.26 Å². The van der Waals surface area contributed by atoms with E-state index in [4.69, 9.17) is 32.1 Å². The quantitative estimate of drug-likeness (QED) is 0.395. The summed E-state index contributed by atoms with van der Waals surface area (Å²) >= 11 is 7.98. The number of primary amides is 1. The van der Waals surface area contributed by atoms with Crippen LogP contribution in [-0.4, -0.2) is 13.0 Å². The van der Waals surface area contributed by atoms with Gasteiger partial charge < -0.3 is 15.2 Å². The summed E-state index contributed by atoms with van der Waals surface area (Å²) in [5.41, 5.74) is 6.61. The number of methoxy groups -OCH3 is 1. The van der Waals surface area contributed by atoms with Gasteiger partial charge in [-0.1, -0.05) is 23.7 Å². The van der Waals surface area contributed by atoms with Crippen molar-refractivity contribution in [2.24, 2.45) is 5.73 Å². The van der Waals surface area contributed by atoms with Crippen LogP contribution in [0.5, 0.6) is 11.5 Å². The lowest BCUT2D eigenvalue weighted by Crippen LogP contribution is -2.12. The molecule has 0 aliphatic carbocycles. The summed E-state index contributed by atoms with van der Waals surface area (Å²) in [5, 5.41) is 9.61. The van der Waals surface area contributed by atoms with Crippen LogP contribution in [0, 0.1) is 14.9 Å². The molecule has 0 bridgehead atoms. The van der Waals surface area contributed by atoms with E-state index in [1.807, 2.05) is 12.1 Å². The van der Waals surface area contributed by atoms with Gasteiger partial charge in [0.1, 0.15) is 18.2 Å². The van der Waals surface area contributed by atoms with Crippen molar-refractivity contribution in [1.29, 1.82) is 5.26 Å². The van der Waals surface area contributed by atoms with Gasteiger partial charge >= 0.3 is 0 Å². The maximum atomic E-state index is 11.2. The Bertz CT molecular complexity index is 858. The summed E-state index contributed by atoms with van der Waals surface area (Å²) in [6, 6.07) is 12.6. The fourth-order valence-corrected chi connectivity index (χ4v) is 2.93. The second-order valence-corrected chi connectivity index (χ2v) is 6.58. The van der Waals surface area contributed by atoms with Crippen molar-refractivity contribution in [3.8, 4) is 17.6 Å². The van der Waals surface area contributed by atoms with Gasteiger partial charge in [0.15, 0.2) is 11.5 Å². The zero-order valence-corrected chi connectivity index (χ0v) is 16.2. The summed E-state index contributed by atoms with van der Waals surface area (Å²) in [6.07, 6.45) is 1.41. The number of hydrogen-bond donors (Lipinski definition) is 1. The minimum Gasteiger partial charge on any atom is -0.493 e. The number of halogens is 2. The maximum Gasteiger partial charge on any atom is 0.259 e. The van der Waals surface area contributed by atoms with Crippen molar-refractivity contribution in [3.05, 3.63) is 61.7 Å². The lowest BCUT2D eigenvalue weighted by molar-refractivity contribution is -0.114. The Morgan fingerprint density at radius 3 is 2.60 bits per heavy atom. The monoisotopic (exact) mass is 468 g/mol. The number of nitrogens with two attached hydrogens (primary N) is 1. The maximum absolute atomic E-state index is 11.2. The Morgan fingerprint density at radius 1 is 1.36 bits per heavy atom. The van der Waals surface area contributed by atoms with Crippen molar-refractivity contribution in [1.82, 2.24) is 0 Å². The van der Waals surface area contributed by atoms with Crippen LogP contribution in [0.15, 0.2) is 42.0 Å². The number of ether oxygens (including phenoxy) is 2. The highest BCUT2D eigenvalue weighted by Crippen LogP contribution is 2.35. The highest BCUT2D eigenvalue weighted by atomic mass is 127. The summed E-state index contributed by atoms with van der Waals surface area (Å²) in [5.74, 6) is 0.293. The largest absolute Gasteiger partial charge is 0.493 e. The molecular weight excluding hydrogens is 455 g/mol. The number of hydrogen-bond acceptors (Lipinski definition) is 4. The predicted molar refractivity (Wildman–Crippen MR) is 104 cm³/mol. The van der Waals surface area contributed by atoms with Gasteiger partial charge in [0, 0.05) is 5.02 Å². The molecule has 0 saturated heterocycles. The minimum absolute atomic E-state index is 0.132. The zero-order valence-electron chi connectivity index (χ0n) is 13.3. The molecule has 2 rings (SSSR count). The summed E-state index contributed by atoms with van der Waals surface area (Å²) in [7, 11) is 1.52. The van der Waals surface area contributed by atoms with Crippen molar-refractivity contribution in [2.45, 2.75) is 6.61 Å². The number of benzene rings is 2. The van der Waals surface area contributed by atoms with Gasteiger partial charge in [-0.15, -0.1) is 0 Å². The Kier molecular flexibility index (Phi) is 6.67. The first-order valence-electron chi connectivity index (χ1n) is 7.11. The standard InChI is InChI=1S/C18H14ClIN2O3/c1-24-16-8-12(6-13(9-21)18(22)23)7-15(20)17(16)25-10-11-2-4-14(19)5-3-11/h2-8H,10H2,1H3,(H2,22,23). The van der Waals surface area contributed by atoms with E-state index in [0.717, 1.165) is 9.13 Å². The summed E-state index contributed by atoms with van der Waals surface area (Å²) < 4.78 is 12.0. The van der Waals surface area contributed by atoms with Crippen molar-refractivity contribution >= 4 is 46.2 Å².